The smallest absolute Gasteiger partial charge is 0.211 e. The molecule has 0 bridgehead atoms. The van der Waals surface area contributed by atoms with Crippen LogP contribution in [-0.2, 0) is 0 Å². The zero-order chi connectivity index (χ0) is 28.0. The maximum Gasteiger partial charge on any atom is 0.211 e. The van der Waals surface area contributed by atoms with Crippen LogP contribution in [0.25, 0.3) is 9.69 Å². The lowest BCUT2D eigenvalue weighted by Gasteiger charge is -2.24. The molecule has 2 aromatic rings. The molecule has 4 aliphatic rings. The van der Waals surface area contributed by atoms with Crippen molar-refractivity contribution in [2.45, 2.75) is 53.6 Å². The highest BCUT2D eigenvalue weighted by molar-refractivity contribution is 5.61. The third-order valence-electron chi connectivity index (χ3n) is 9.72. The normalized spacial score (nSPS) is 29.5. The molecule has 6 atom stereocenters. The molecular weight excluding hydrogens is 484 g/mol. The first-order chi connectivity index (χ1) is 18.6. The Kier molecular flexibility index (Phi) is 7.55. The zero-order valence-electron chi connectivity index (χ0n) is 24.5. The van der Waals surface area contributed by atoms with Crippen LogP contribution in [0.15, 0.2) is 12.1 Å². The third-order valence-corrected chi connectivity index (χ3v) is 9.72. The maximum absolute atomic E-state index is 7.22. The van der Waals surface area contributed by atoms with Crippen molar-refractivity contribution in [2.75, 3.05) is 56.1 Å². The van der Waals surface area contributed by atoms with Gasteiger partial charge in [0.05, 0.1) is 13.1 Å². The highest BCUT2D eigenvalue weighted by Crippen LogP contribution is 2.38. The monoisotopic (exact) mass is 526 g/mol. The van der Waals surface area contributed by atoms with E-state index in [4.69, 9.17) is 13.1 Å². The Hall–Kier alpha value is -3.20. The number of pyridine rings is 2. The minimum absolute atomic E-state index is 0.611. The second-order valence-electron chi connectivity index (χ2n) is 12.2. The number of hydrogen-bond donors (Lipinski definition) is 1. The Morgan fingerprint density at radius 2 is 1.28 bits per heavy atom. The SMILES string of the molecule is [C-]#[N+]c1c(C)cc(N2C[C@@H]3CN(C)[C@@H](C)[C@@H]3C2)nc1C.[C-]#[N+]c1c(C)cc(N2C[C@@H]3CN[C@@H](C)[C@@H]3C2)nc1C. The summed E-state index contributed by atoms with van der Waals surface area (Å²) in [5, 5.41) is 3.55. The van der Waals surface area contributed by atoms with Crippen LogP contribution in [0.1, 0.15) is 36.4 Å². The van der Waals surface area contributed by atoms with Gasteiger partial charge in [-0.15, -0.1) is 0 Å². The number of fused-ring (bicyclic) bond motifs is 2. The fourth-order valence-corrected chi connectivity index (χ4v) is 7.31. The molecule has 2 aromatic heterocycles. The van der Waals surface area contributed by atoms with Gasteiger partial charge >= 0.3 is 0 Å². The molecule has 6 heterocycles. The Balaban J connectivity index is 0.000000158. The lowest BCUT2D eigenvalue weighted by atomic mass is 9.95. The highest BCUT2D eigenvalue weighted by atomic mass is 15.3. The van der Waals surface area contributed by atoms with Crippen LogP contribution in [0, 0.1) is 64.5 Å². The van der Waals surface area contributed by atoms with Gasteiger partial charge in [0.1, 0.15) is 11.6 Å². The number of rotatable bonds is 2. The quantitative estimate of drug-likeness (QED) is 0.560. The van der Waals surface area contributed by atoms with Crippen molar-refractivity contribution in [3.05, 3.63) is 57.5 Å². The second kappa shape index (κ2) is 10.8. The topological polar surface area (TPSA) is 56.2 Å². The predicted molar refractivity (Wildman–Crippen MR) is 158 cm³/mol. The number of hydrogen-bond acceptors (Lipinski definition) is 6. The van der Waals surface area contributed by atoms with Gasteiger partial charge in [0.25, 0.3) is 0 Å². The van der Waals surface area contributed by atoms with E-state index in [0.717, 1.165) is 90.5 Å². The van der Waals surface area contributed by atoms with E-state index in [1.54, 1.807) is 0 Å². The fourth-order valence-electron chi connectivity index (χ4n) is 7.31. The first-order valence-corrected chi connectivity index (χ1v) is 14.3. The van der Waals surface area contributed by atoms with E-state index >= 15 is 0 Å². The summed E-state index contributed by atoms with van der Waals surface area (Å²) in [4.78, 5) is 23.7. The van der Waals surface area contributed by atoms with Crippen LogP contribution in [0.2, 0.25) is 0 Å². The van der Waals surface area contributed by atoms with Crippen LogP contribution in [-0.4, -0.2) is 73.3 Å². The van der Waals surface area contributed by atoms with Gasteiger partial charge in [0.15, 0.2) is 0 Å². The van der Waals surface area contributed by atoms with Crippen LogP contribution >= 0.6 is 0 Å². The van der Waals surface area contributed by atoms with Crippen LogP contribution in [0.5, 0.6) is 0 Å². The molecule has 0 unspecified atom stereocenters. The van der Waals surface area contributed by atoms with Crippen molar-refractivity contribution in [3.8, 4) is 0 Å². The largest absolute Gasteiger partial charge is 0.356 e. The van der Waals surface area contributed by atoms with Gasteiger partial charge in [0, 0.05) is 62.7 Å². The van der Waals surface area contributed by atoms with Gasteiger partial charge in [-0.1, -0.05) is 0 Å². The number of likely N-dealkylation sites (tertiary alicyclic amines) is 1. The lowest BCUT2D eigenvalue weighted by molar-refractivity contribution is 0.294. The summed E-state index contributed by atoms with van der Waals surface area (Å²) in [6.07, 6.45) is 0. The Morgan fingerprint density at radius 3 is 1.74 bits per heavy atom. The molecule has 4 aliphatic heterocycles. The van der Waals surface area contributed by atoms with Crippen molar-refractivity contribution < 1.29 is 0 Å². The Labute approximate surface area is 234 Å². The molecule has 8 nitrogen and oxygen atoms in total. The van der Waals surface area contributed by atoms with Gasteiger partial charge in [0.2, 0.25) is 11.4 Å². The molecule has 4 saturated heterocycles. The molecule has 4 fully saturated rings. The van der Waals surface area contributed by atoms with Gasteiger partial charge < -0.3 is 20.0 Å². The molecular formula is C31H42N8. The van der Waals surface area contributed by atoms with E-state index in [9.17, 15) is 0 Å². The molecule has 206 valence electrons. The lowest BCUT2D eigenvalue weighted by Crippen LogP contribution is -2.32. The summed E-state index contributed by atoms with van der Waals surface area (Å²) in [7, 11) is 2.23. The van der Waals surface area contributed by atoms with E-state index in [1.807, 2.05) is 27.7 Å². The van der Waals surface area contributed by atoms with E-state index < -0.39 is 0 Å². The first-order valence-electron chi connectivity index (χ1n) is 14.3. The number of nitrogens with one attached hydrogen (secondary N) is 1. The molecule has 0 spiro atoms. The van der Waals surface area contributed by atoms with E-state index in [-0.39, 0.29) is 0 Å². The molecule has 39 heavy (non-hydrogen) atoms. The molecule has 6 rings (SSSR count). The molecule has 0 saturated carbocycles. The maximum atomic E-state index is 7.22. The first kappa shape index (κ1) is 27.4. The summed E-state index contributed by atoms with van der Waals surface area (Å²) in [6.45, 7) is 33.6. The number of anilines is 2. The van der Waals surface area contributed by atoms with Gasteiger partial charge in [-0.3, -0.25) is 0 Å². The minimum Gasteiger partial charge on any atom is -0.356 e. The van der Waals surface area contributed by atoms with Crippen LogP contribution in [0.3, 0.4) is 0 Å². The zero-order valence-corrected chi connectivity index (χ0v) is 24.5. The Morgan fingerprint density at radius 1 is 0.769 bits per heavy atom. The highest BCUT2D eigenvalue weighted by Gasteiger charge is 2.44. The van der Waals surface area contributed by atoms with Crippen molar-refractivity contribution in [2.24, 2.45) is 23.7 Å². The predicted octanol–water partition coefficient (Wildman–Crippen LogP) is 4.93. The Bertz CT molecular complexity index is 1280. The second-order valence-corrected chi connectivity index (χ2v) is 12.2. The number of aromatic nitrogens is 2. The summed E-state index contributed by atoms with van der Waals surface area (Å²) >= 11 is 0. The summed E-state index contributed by atoms with van der Waals surface area (Å²) in [5.41, 5.74) is 5.22. The molecule has 0 aliphatic carbocycles. The average molecular weight is 527 g/mol. The summed E-state index contributed by atoms with van der Waals surface area (Å²) in [6, 6.07) is 5.42. The van der Waals surface area contributed by atoms with Crippen LogP contribution in [0.4, 0.5) is 23.0 Å². The van der Waals surface area contributed by atoms with Crippen molar-refractivity contribution in [3.63, 3.8) is 0 Å². The summed E-state index contributed by atoms with van der Waals surface area (Å²) < 4.78 is 0. The van der Waals surface area contributed by atoms with Gasteiger partial charge in [-0.2, -0.15) is 0 Å². The van der Waals surface area contributed by atoms with Crippen LogP contribution < -0.4 is 15.1 Å². The average Bonchev–Trinajstić information content (AvgIpc) is 3.64. The number of aryl methyl sites for hydroxylation is 4. The van der Waals surface area contributed by atoms with Gasteiger partial charge in [-0.05, 0) is 95.5 Å². The minimum atomic E-state index is 0.611. The van der Waals surface area contributed by atoms with Crippen molar-refractivity contribution in [1.29, 1.82) is 0 Å². The van der Waals surface area contributed by atoms with E-state index in [0.29, 0.717) is 23.5 Å². The molecule has 0 amide bonds. The number of nitrogens with zero attached hydrogens (tertiary/aromatic N) is 7. The third kappa shape index (κ3) is 5.09. The fraction of sp³-hybridized carbons (Fsp3) is 0.613. The molecule has 0 radical (unpaired) electrons. The molecule has 0 aromatic carbocycles. The van der Waals surface area contributed by atoms with Crippen molar-refractivity contribution in [1.82, 2.24) is 20.2 Å². The molecule has 1 N–H and O–H groups in total. The van der Waals surface area contributed by atoms with E-state index in [2.05, 4.69) is 72.7 Å². The van der Waals surface area contributed by atoms with E-state index in [1.165, 1.54) is 6.54 Å². The molecule has 8 heteroatoms. The standard InChI is InChI=1S/C16H22N4.C15H20N4/c1-10-6-15(18-11(2)16(10)17-4)20-8-13-7-19(5)12(3)14(13)9-20;1-9-5-14(18-11(3)15(9)16-4)19-7-12-6-17-10(2)13(12)8-19/h6,12-14H,7-9H2,1-3,5H3;5,10,12-13,17H,6-8H2,1-3H3/t12-,13-,14-;10-,12-,13-/m00/s1. The summed E-state index contributed by atoms with van der Waals surface area (Å²) in [5.74, 6) is 5.10. The van der Waals surface area contributed by atoms with Crippen molar-refractivity contribution >= 4 is 23.0 Å². The van der Waals surface area contributed by atoms with Gasteiger partial charge in [-0.25, -0.2) is 19.7 Å².